The van der Waals surface area contributed by atoms with Crippen molar-refractivity contribution in [2.75, 3.05) is 0 Å². The molecule has 0 aliphatic carbocycles. The second-order valence-corrected chi connectivity index (χ2v) is 4.89. The third-order valence-electron chi connectivity index (χ3n) is 3.42. The summed E-state index contributed by atoms with van der Waals surface area (Å²) in [5, 5.41) is 0. The minimum Gasteiger partial charge on any atom is -0.292 e. The second kappa shape index (κ2) is 5.89. The molecule has 3 nitrogen and oxygen atoms in total. The minimum absolute atomic E-state index is 0.126. The summed E-state index contributed by atoms with van der Waals surface area (Å²) in [6, 6.07) is 0. The molecule has 1 heterocycles. The van der Waals surface area contributed by atoms with Gasteiger partial charge < -0.3 is 0 Å². The zero-order valence-electron chi connectivity index (χ0n) is 11.3. The molecule has 17 heavy (non-hydrogen) atoms. The van der Waals surface area contributed by atoms with Crippen LogP contribution in [0.15, 0.2) is 12.4 Å². The first-order chi connectivity index (χ1) is 8.03. The van der Waals surface area contributed by atoms with Crippen molar-refractivity contribution in [3.8, 4) is 0 Å². The average Bonchev–Trinajstić information content (AvgIpc) is 2.36. The molecule has 0 radical (unpaired) electrons. The zero-order valence-corrected chi connectivity index (χ0v) is 11.3. The van der Waals surface area contributed by atoms with Crippen LogP contribution in [0.1, 0.15) is 62.6 Å². The van der Waals surface area contributed by atoms with E-state index in [0.29, 0.717) is 5.69 Å². The van der Waals surface area contributed by atoms with Crippen LogP contribution in [0.25, 0.3) is 0 Å². The number of carbonyl (C=O) groups excluding carboxylic acids is 1. The summed E-state index contributed by atoms with van der Waals surface area (Å²) < 4.78 is 0. The van der Waals surface area contributed by atoms with Gasteiger partial charge in [-0.15, -0.1) is 0 Å². The first-order valence-electron chi connectivity index (χ1n) is 6.37. The number of aromatic nitrogens is 2. The maximum absolute atomic E-state index is 12.4. The van der Waals surface area contributed by atoms with Gasteiger partial charge in [0.1, 0.15) is 5.69 Å². The number of ketones is 1. The number of Topliss-reactive ketones (excluding diaryl/α,β-unsaturated/α-hetero) is 1. The van der Waals surface area contributed by atoms with E-state index in [9.17, 15) is 4.79 Å². The van der Waals surface area contributed by atoms with Gasteiger partial charge in [-0.1, -0.05) is 33.6 Å². The van der Waals surface area contributed by atoms with Crippen molar-refractivity contribution in [3.63, 3.8) is 0 Å². The first-order valence-corrected chi connectivity index (χ1v) is 6.37. The Morgan fingerprint density at radius 3 is 2.47 bits per heavy atom. The summed E-state index contributed by atoms with van der Waals surface area (Å²) in [4.78, 5) is 20.7. The topological polar surface area (TPSA) is 42.9 Å². The number of carbonyl (C=O) groups is 1. The third-order valence-corrected chi connectivity index (χ3v) is 3.42. The summed E-state index contributed by atoms with van der Waals surface area (Å²) in [5.74, 6) is 0.126. The molecule has 0 spiro atoms. The molecule has 1 aromatic rings. The second-order valence-electron chi connectivity index (χ2n) is 4.89. The van der Waals surface area contributed by atoms with Gasteiger partial charge in [-0.05, 0) is 19.8 Å². The van der Waals surface area contributed by atoms with Gasteiger partial charge in [0.2, 0.25) is 0 Å². The fourth-order valence-electron chi connectivity index (χ4n) is 1.84. The Bertz CT molecular complexity index is 372. The van der Waals surface area contributed by atoms with Crippen LogP contribution < -0.4 is 0 Å². The van der Waals surface area contributed by atoms with Gasteiger partial charge in [0.15, 0.2) is 5.78 Å². The Balaban J connectivity index is 2.88. The fraction of sp³-hybridized carbons (Fsp3) is 0.643. The molecular weight excluding hydrogens is 212 g/mol. The van der Waals surface area contributed by atoms with Gasteiger partial charge in [-0.25, -0.2) is 4.98 Å². The first kappa shape index (κ1) is 13.8. The quantitative estimate of drug-likeness (QED) is 0.707. The Kier molecular flexibility index (Phi) is 4.79. The molecule has 0 aromatic carbocycles. The lowest BCUT2D eigenvalue weighted by Gasteiger charge is -2.25. The van der Waals surface area contributed by atoms with Crippen molar-refractivity contribution in [1.29, 1.82) is 0 Å². The van der Waals surface area contributed by atoms with Gasteiger partial charge in [-0.2, -0.15) is 0 Å². The monoisotopic (exact) mass is 234 g/mol. The lowest BCUT2D eigenvalue weighted by molar-refractivity contribution is 0.0785. The molecule has 0 bridgehead atoms. The number of nitrogens with zero attached hydrogens (tertiary/aromatic N) is 2. The van der Waals surface area contributed by atoms with Gasteiger partial charge in [0, 0.05) is 11.6 Å². The van der Waals surface area contributed by atoms with Crippen LogP contribution in [0.5, 0.6) is 0 Å². The smallest absolute Gasteiger partial charge is 0.188 e. The number of unbranched alkanes of at least 4 members (excludes halogenated alkanes) is 1. The molecule has 1 unspecified atom stereocenters. The average molecular weight is 234 g/mol. The maximum Gasteiger partial charge on any atom is 0.188 e. The molecule has 0 saturated heterocycles. The zero-order chi connectivity index (χ0) is 12.9. The molecule has 0 N–H and O–H groups in total. The minimum atomic E-state index is -0.292. The number of rotatable bonds is 6. The Hall–Kier alpha value is -1.25. The van der Waals surface area contributed by atoms with E-state index in [4.69, 9.17) is 0 Å². The van der Waals surface area contributed by atoms with E-state index < -0.39 is 0 Å². The summed E-state index contributed by atoms with van der Waals surface area (Å²) in [7, 11) is 0. The third kappa shape index (κ3) is 3.35. The molecule has 3 heteroatoms. The van der Waals surface area contributed by atoms with E-state index in [0.717, 1.165) is 31.4 Å². The molecule has 0 saturated carbocycles. The van der Waals surface area contributed by atoms with Crippen LogP contribution in [-0.4, -0.2) is 15.8 Å². The van der Waals surface area contributed by atoms with Crippen molar-refractivity contribution < 1.29 is 4.79 Å². The highest BCUT2D eigenvalue weighted by Crippen LogP contribution is 2.31. The lowest BCUT2D eigenvalue weighted by Crippen LogP contribution is -2.28. The number of hydrogen-bond acceptors (Lipinski definition) is 3. The molecule has 94 valence electrons. The highest BCUT2D eigenvalue weighted by Gasteiger charge is 2.32. The van der Waals surface area contributed by atoms with Crippen LogP contribution in [0.2, 0.25) is 0 Å². The van der Waals surface area contributed by atoms with Crippen LogP contribution in [0.3, 0.4) is 0 Å². The molecule has 1 rings (SSSR count). The van der Waals surface area contributed by atoms with Gasteiger partial charge in [0.05, 0.1) is 11.9 Å². The SMILES string of the molecule is CCCCC(C)(CC)C(=O)c1cnc(C)cn1. The van der Waals surface area contributed by atoms with E-state index >= 15 is 0 Å². The molecule has 0 aliphatic rings. The van der Waals surface area contributed by atoms with Gasteiger partial charge >= 0.3 is 0 Å². The normalized spacial score (nSPS) is 14.4. The van der Waals surface area contributed by atoms with Crippen molar-refractivity contribution in [1.82, 2.24) is 9.97 Å². The predicted octanol–water partition coefficient (Wildman–Crippen LogP) is 3.57. The van der Waals surface area contributed by atoms with E-state index in [2.05, 4.69) is 23.8 Å². The molecule has 0 aliphatic heterocycles. The van der Waals surface area contributed by atoms with E-state index in [1.54, 1.807) is 12.4 Å². The molecule has 1 atom stereocenters. The highest BCUT2D eigenvalue weighted by molar-refractivity contribution is 5.98. The van der Waals surface area contributed by atoms with E-state index in [1.165, 1.54) is 0 Å². The summed E-state index contributed by atoms with van der Waals surface area (Å²) in [5.41, 5.74) is 1.05. The van der Waals surface area contributed by atoms with Crippen molar-refractivity contribution in [2.24, 2.45) is 5.41 Å². The van der Waals surface area contributed by atoms with Gasteiger partial charge in [-0.3, -0.25) is 9.78 Å². The van der Waals surface area contributed by atoms with Gasteiger partial charge in [0.25, 0.3) is 0 Å². The van der Waals surface area contributed by atoms with Crippen molar-refractivity contribution in [2.45, 2.75) is 53.4 Å². The van der Waals surface area contributed by atoms with Crippen LogP contribution in [0.4, 0.5) is 0 Å². The summed E-state index contributed by atoms with van der Waals surface area (Å²) >= 11 is 0. The Labute approximate surface area is 104 Å². The standard InChI is InChI=1S/C14H22N2O/c1-5-7-8-14(4,6-2)13(17)12-10-15-11(3)9-16-12/h9-10H,5-8H2,1-4H3. The molecule has 0 amide bonds. The van der Waals surface area contributed by atoms with Crippen LogP contribution in [0, 0.1) is 12.3 Å². The summed E-state index contributed by atoms with van der Waals surface area (Å²) in [6.45, 7) is 8.12. The molecule has 0 fully saturated rings. The highest BCUT2D eigenvalue weighted by atomic mass is 16.1. The van der Waals surface area contributed by atoms with Crippen LogP contribution >= 0.6 is 0 Å². The van der Waals surface area contributed by atoms with Crippen molar-refractivity contribution >= 4 is 5.78 Å². The van der Waals surface area contributed by atoms with Crippen molar-refractivity contribution in [3.05, 3.63) is 23.8 Å². The van der Waals surface area contributed by atoms with E-state index in [-0.39, 0.29) is 11.2 Å². The Morgan fingerprint density at radius 2 is 2.00 bits per heavy atom. The summed E-state index contributed by atoms with van der Waals surface area (Å²) in [6.07, 6.45) is 7.22. The predicted molar refractivity (Wildman–Crippen MR) is 69.0 cm³/mol. The maximum atomic E-state index is 12.4. The lowest BCUT2D eigenvalue weighted by atomic mass is 9.77. The molecular formula is C14H22N2O. The van der Waals surface area contributed by atoms with E-state index in [1.807, 2.05) is 13.8 Å². The fourth-order valence-corrected chi connectivity index (χ4v) is 1.84. The Morgan fingerprint density at radius 1 is 1.29 bits per heavy atom. The largest absolute Gasteiger partial charge is 0.292 e. The number of aryl methyl sites for hydroxylation is 1. The number of hydrogen-bond donors (Lipinski definition) is 0. The molecule has 1 aromatic heterocycles. The van der Waals surface area contributed by atoms with Crippen LogP contribution in [-0.2, 0) is 0 Å².